The first-order valence-electron chi connectivity index (χ1n) is 6.86. The van der Waals surface area contributed by atoms with E-state index in [0.717, 1.165) is 30.8 Å². The summed E-state index contributed by atoms with van der Waals surface area (Å²) >= 11 is 0. The van der Waals surface area contributed by atoms with Crippen LogP contribution in [-0.2, 0) is 11.3 Å². The van der Waals surface area contributed by atoms with Crippen LogP contribution in [0.1, 0.15) is 31.7 Å². The molecule has 0 radical (unpaired) electrons. The predicted molar refractivity (Wildman–Crippen MR) is 77.2 cm³/mol. The molecule has 0 unspecified atom stereocenters. The molecule has 106 valence electrons. The van der Waals surface area contributed by atoms with Crippen molar-refractivity contribution in [2.45, 2.75) is 32.7 Å². The van der Waals surface area contributed by atoms with Crippen molar-refractivity contribution in [3.63, 3.8) is 0 Å². The Bertz CT molecular complexity index is 363. The molecule has 0 aromatic heterocycles. The molecule has 0 fully saturated rings. The second-order valence-electron chi connectivity index (χ2n) is 4.48. The van der Waals surface area contributed by atoms with E-state index in [4.69, 9.17) is 4.74 Å². The van der Waals surface area contributed by atoms with Crippen LogP contribution in [0.4, 0.5) is 0 Å². The Balaban J connectivity index is 2.15. The van der Waals surface area contributed by atoms with Crippen molar-refractivity contribution in [2.75, 3.05) is 20.2 Å². The standard InChI is InChI=1S/C15H24N2O2/c1-3-4-10-16-11-9-15(18)17-12-13-5-7-14(19-2)8-6-13/h5-8,16H,3-4,9-12H2,1-2H3,(H,17,18). The molecule has 1 rings (SSSR count). The second kappa shape index (κ2) is 9.39. The maximum Gasteiger partial charge on any atom is 0.221 e. The van der Waals surface area contributed by atoms with Crippen LogP contribution in [0, 0.1) is 0 Å². The van der Waals surface area contributed by atoms with Crippen LogP contribution in [0.2, 0.25) is 0 Å². The summed E-state index contributed by atoms with van der Waals surface area (Å²) in [5.41, 5.74) is 1.08. The third-order valence-electron chi connectivity index (χ3n) is 2.88. The number of methoxy groups -OCH3 is 1. The van der Waals surface area contributed by atoms with Crippen LogP contribution >= 0.6 is 0 Å². The molecule has 0 bridgehead atoms. The van der Waals surface area contributed by atoms with Crippen molar-refractivity contribution in [1.82, 2.24) is 10.6 Å². The lowest BCUT2D eigenvalue weighted by Crippen LogP contribution is -2.27. The van der Waals surface area contributed by atoms with Gasteiger partial charge in [-0.25, -0.2) is 0 Å². The van der Waals surface area contributed by atoms with E-state index in [0.29, 0.717) is 13.0 Å². The van der Waals surface area contributed by atoms with Gasteiger partial charge in [-0.2, -0.15) is 0 Å². The molecule has 0 saturated heterocycles. The molecule has 0 spiro atoms. The van der Waals surface area contributed by atoms with Crippen molar-refractivity contribution >= 4 is 5.91 Å². The van der Waals surface area contributed by atoms with Gasteiger partial charge in [-0.05, 0) is 30.7 Å². The minimum absolute atomic E-state index is 0.0832. The Kier molecular flexibility index (Phi) is 7.66. The highest BCUT2D eigenvalue weighted by Crippen LogP contribution is 2.10. The Morgan fingerprint density at radius 1 is 1.21 bits per heavy atom. The molecule has 0 aliphatic heterocycles. The lowest BCUT2D eigenvalue weighted by Gasteiger charge is -2.07. The van der Waals surface area contributed by atoms with E-state index in [1.807, 2.05) is 24.3 Å². The second-order valence-corrected chi connectivity index (χ2v) is 4.48. The number of nitrogens with one attached hydrogen (secondary N) is 2. The number of hydrogen-bond acceptors (Lipinski definition) is 3. The van der Waals surface area contributed by atoms with Crippen LogP contribution in [-0.4, -0.2) is 26.1 Å². The Labute approximate surface area is 115 Å². The molecular formula is C15H24N2O2. The zero-order valence-corrected chi connectivity index (χ0v) is 11.9. The van der Waals surface area contributed by atoms with Crippen molar-refractivity contribution in [1.29, 1.82) is 0 Å². The van der Waals surface area contributed by atoms with Gasteiger partial charge in [-0.15, -0.1) is 0 Å². The SMILES string of the molecule is CCCCNCCC(=O)NCc1ccc(OC)cc1. The van der Waals surface area contributed by atoms with Gasteiger partial charge in [0.1, 0.15) is 5.75 Å². The fourth-order valence-corrected chi connectivity index (χ4v) is 1.66. The number of carbonyl (C=O) groups is 1. The van der Waals surface area contributed by atoms with Crippen molar-refractivity contribution < 1.29 is 9.53 Å². The minimum Gasteiger partial charge on any atom is -0.497 e. The van der Waals surface area contributed by atoms with Crippen LogP contribution in [0.15, 0.2) is 24.3 Å². The van der Waals surface area contributed by atoms with Crippen LogP contribution in [0.25, 0.3) is 0 Å². The topological polar surface area (TPSA) is 50.4 Å². The van der Waals surface area contributed by atoms with Gasteiger partial charge < -0.3 is 15.4 Å². The molecule has 0 saturated carbocycles. The molecule has 4 nitrogen and oxygen atoms in total. The van der Waals surface area contributed by atoms with E-state index in [2.05, 4.69) is 17.6 Å². The summed E-state index contributed by atoms with van der Waals surface area (Å²) < 4.78 is 5.08. The number of ether oxygens (including phenoxy) is 1. The van der Waals surface area contributed by atoms with Crippen molar-refractivity contribution in [2.24, 2.45) is 0 Å². The van der Waals surface area contributed by atoms with E-state index >= 15 is 0 Å². The molecule has 19 heavy (non-hydrogen) atoms. The van der Waals surface area contributed by atoms with Crippen LogP contribution in [0.3, 0.4) is 0 Å². The summed E-state index contributed by atoms with van der Waals surface area (Å²) in [4.78, 5) is 11.6. The lowest BCUT2D eigenvalue weighted by atomic mass is 10.2. The third kappa shape index (κ3) is 6.82. The van der Waals surface area contributed by atoms with Gasteiger partial charge in [0, 0.05) is 19.5 Å². The predicted octanol–water partition coefficient (Wildman–Crippen LogP) is 2.09. The average molecular weight is 264 g/mol. The highest BCUT2D eigenvalue weighted by Gasteiger charge is 2.01. The molecule has 1 aromatic rings. The molecule has 0 heterocycles. The Morgan fingerprint density at radius 2 is 1.95 bits per heavy atom. The number of amides is 1. The monoisotopic (exact) mass is 264 g/mol. The molecule has 0 aliphatic carbocycles. The number of rotatable bonds is 9. The fourth-order valence-electron chi connectivity index (χ4n) is 1.66. The fraction of sp³-hybridized carbons (Fsp3) is 0.533. The van der Waals surface area contributed by atoms with Gasteiger partial charge >= 0.3 is 0 Å². The van der Waals surface area contributed by atoms with Gasteiger partial charge in [-0.1, -0.05) is 25.5 Å². The smallest absolute Gasteiger partial charge is 0.221 e. The molecule has 2 N–H and O–H groups in total. The molecule has 0 atom stereocenters. The number of hydrogen-bond donors (Lipinski definition) is 2. The summed E-state index contributed by atoms with van der Waals surface area (Å²) in [6.07, 6.45) is 2.87. The zero-order chi connectivity index (χ0) is 13.9. The Hall–Kier alpha value is -1.55. The first kappa shape index (κ1) is 15.5. The van der Waals surface area contributed by atoms with E-state index < -0.39 is 0 Å². The normalized spacial score (nSPS) is 10.2. The van der Waals surface area contributed by atoms with E-state index in [1.165, 1.54) is 6.42 Å². The van der Waals surface area contributed by atoms with E-state index in [9.17, 15) is 4.79 Å². The van der Waals surface area contributed by atoms with E-state index in [-0.39, 0.29) is 5.91 Å². The highest BCUT2D eigenvalue weighted by atomic mass is 16.5. The van der Waals surface area contributed by atoms with Crippen LogP contribution < -0.4 is 15.4 Å². The van der Waals surface area contributed by atoms with Gasteiger partial charge in [0.25, 0.3) is 0 Å². The molecule has 1 aromatic carbocycles. The Morgan fingerprint density at radius 3 is 2.58 bits per heavy atom. The van der Waals surface area contributed by atoms with Gasteiger partial charge in [0.2, 0.25) is 5.91 Å². The average Bonchev–Trinajstić information content (AvgIpc) is 2.45. The van der Waals surface area contributed by atoms with Crippen molar-refractivity contribution in [3.05, 3.63) is 29.8 Å². The maximum atomic E-state index is 11.6. The lowest BCUT2D eigenvalue weighted by molar-refractivity contribution is -0.121. The molecule has 4 heteroatoms. The molecule has 1 amide bonds. The van der Waals surface area contributed by atoms with Gasteiger partial charge in [0.05, 0.1) is 7.11 Å². The summed E-state index contributed by atoms with van der Waals surface area (Å²) in [5, 5.41) is 6.16. The maximum absolute atomic E-state index is 11.6. The minimum atomic E-state index is 0.0832. The highest BCUT2D eigenvalue weighted by molar-refractivity contribution is 5.76. The number of carbonyl (C=O) groups excluding carboxylic acids is 1. The van der Waals surface area contributed by atoms with Gasteiger partial charge in [0.15, 0.2) is 0 Å². The molecule has 0 aliphatic rings. The molecular weight excluding hydrogens is 240 g/mol. The quantitative estimate of drug-likeness (QED) is 0.672. The summed E-state index contributed by atoms with van der Waals surface area (Å²) in [6.45, 7) is 4.46. The summed E-state index contributed by atoms with van der Waals surface area (Å²) in [5.74, 6) is 0.912. The third-order valence-corrected chi connectivity index (χ3v) is 2.88. The first-order chi connectivity index (χ1) is 9.26. The summed E-state index contributed by atoms with van der Waals surface area (Å²) in [6, 6.07) is 7.71. The number of benzene rings is 1. The van der Waals surface area contributed by atoms with Crippen molar-refractivity contribution in [3.8, 4) is 5.75 Å². The van der Waals surface area contributed by atoms with E-state index in [1.54, 1.807) is 7.11 Å². The van der Waals surface area contributed by atoms with Gasteiger partial charge in [-0.3, -0.25) is 4.79 Å². The largest absolute Gasteiger partial charge is 0.497 e. The van der Waals surface area contributed by atoms with Crippen LogP contribution in [0.5, 0.6) is 5.75 Å². The summed E-state index contributed by atoms with van der Waals surface area (Å²) in [7, 11) is 1.64. The zero-order valence-electron chi connectivity index (χ0n) is 11.9. The number of unbranched alkanes of at least 4 members (excludes halogenated alkanes) is 1. The first-order valence-corrected chi connectivity index (χ1v) is 6.86.